The predicted octanol–water partition coefficient (Wildman–Crippen LogP) is 2.51. The SMILES string of the molecule is CC(=O)Oc1c[nH]c2ncc(C(F)(F)F)cc12. The van der Waals surface area contributed by atoms with Gasteiger partial charge in [0, 0.05) is 19.3 Å². The van der Waals surface area contributed by atoms with Crippen LogP contribution in [0.15, 0.2) is 18.5 Å². The van der Waals surface area contributed by atoms with E-state index >= 15 is 0 Å². The first-order valence-corrected chi connectivity index (χ1v) is 4.60. The summed E-state index contributed by atoms with van der Waals surface area (Å²) in [5, 5.41) is 0.120. The molecule has 17 heavy (non-hydrogen) atoms. The maximum absolute atomic E-state index is 12.5. The van der Waals surface area contributed by atoms with Crippen molar-refractivity contribution in [1.82, 2.24) is 9.97 Å². The fourth-order valence-corrected chi connectivity index (χ4v) is 1.37. The third-order valence-corrected chi connectivity index (χ3v) is 2.07. The molecule has 2 heterocycles. The van der Waals surface area contributed by atoms with Crippen molar-refractivity contribution in [3.63, 3.8) is 0 Å². The summed E-state index contributed by atoms with van der Waals surface area (Å²) in [6.07, 6.45) is -2.47. The van der Waals surface area contributed by atoms with Gasteiger partial charge in [0.05, 0.1) is 10.9 Å². The number of pyridine rings is 1. The van der Waals surface area contributed by atoms with Crippen molar-refractivity contribution in [3.8, 4) is 5.75 Å². The second-order valence-electron chi connectivity index (χ2n) is 3.36. The monoisotopic (exact) mass is 244 g/mol. The number of aromatic amines is 1. The second kappa shape index (κ2) is 3.76. The van der Waals surface area contributed by atoms with Crippen LogP contribution >= 0.6 is 0 Å². The van der Waals surface area contributed by atoms with Gasteiger partial charge in [-0.25, -0.2) is 4.98 Å². The highest BCUT2D eigenvalue weighted by Gasteiger charge is 2.31. The van der Waals surface area contributed by atoms with Crippen molar-refractivity contribution in [2.75, 3.05) is 0 Å². The quantitative estimate of drug-likeness (QED) is 0.784. The summed E-state index contributed by atoms with van der Waals surface area (Å²) in [6.45, 7) is 1.17. The van der Waals surface area contributed by atoms with Gasteiger partial charge in [-0.15, -0.1) is 0 Å². The molecule has 0 saturated heterocycles. The van der Waals surface area contributed by atoms with Gasteiger partial charge in [0.2, 0.25) is 0 Å². The third kappa shape index (κ3) is 2.22. The molecule has 0 aliphatic heterocycles. The van der Waals surface area contributed by atoms with Gasteiger partial charge in [-0.1, -0.05) is 0 Å². The Hall–Kier alpha value is -2.05. The zero-order valence-corrected chi connectivity index (χ0v) is 8.63. The van der Waals surface area contributed by atoms with E-state index in [4.69, 9.17) is 4.74 Å². The molecule has 2 rings (SSSR count). The smallest absolute Gasteiger partial charge is 0.417 e. The van der Waals surface area contributed by atoms with Crippen LogP contribution in [0.5, 0.6) is 5.75 Å². The highest BCUT2D eigenvalue weighted by molar-refractivity contribution is 5.86. The standard InChI is InChI=1S/C10H7F3N2O2/c1-5(16)17-8-4-15-9-7(8)2-6(3-14-9)10(11,12)13/h2-4H,1H3,(H,14,15). The molecule has 0 fully saturated rings. The molecule has 90 valence electrons. The Morgan fingerprint density at radius 3 is 2.76 bits per heavy atom. The molecule has 0 atom stereocenters. The second-order valence-corrected chi connectivity index (χ2v) is 3.36. The van der Waals surface area contributed by atoms with E-state index in [9.17, 15) is 18.0 Å². The predicted molar refractivity (Wildman–Crippen MR) is 52.4 cm³/mol. The number of H-pyrrole nitrogens is 1. The van der Waals surface area contributed by atoms with Gasteiger partial charge < -0.3 is 9.72 Å². The molecule has 0 aliphatic carbocycles. The van der Waals surface area contributed by atoms with E-state index in [1.54, 1.807) is 0 Å². The van der Waals surface area contributed by atoms with Crippen LogP contribution < -0.4 is 4.74 Å². The third-order valence-electron chi connectivity index (χ3n) is 2.07. The molecule has 0 aromatic carbocycles. The van der Waals surface area contributed by atoms with Crippen LogP contribution in [0.1, 0.15) is 12.5 Å². The zero-order valence-electron chi connectivity index (χ0n) is 8.63. The van der Waals surface area contributed by atoms with Gasteiger partial charge in [-0.05, 0) is 6.07 Å². The Balaban J connectivity index is 2.54. The van der Waals surface area contributed by atoms with E-state index in [0.29, 0.717) is 0 Å². The van der Waals surface area contributed by atoms with Gasteiger partial charge in [-0.3, -0.25) is 4.79 Å². The molecule has 2 aromatic rings. The molecule has 0 bridgehead atoms. The summed E-state index contributed by atoms with van der Waals surface area (Å²) in [6, 6.07) is 0.886. The van der Waals surface area contributed by atoms with Crippen LogP contribution in [-0.2, 0) is 11.0 Å². The maximum Gasteiger partial charge on any atom is 0.417 e. The summed E-state index contributed by atoms with van der Waals surface area (Å²) in [5.74, 6) is -0.575. The lowest BCUT2D eigenvalue weighted by Crippen LogP contribution is -2.05. The first-order valence-electron chi connectivity index (χ1n) is 4.60. The van der Waals surface area contributed by atoms with Gasteiger partial charge in [0.25, 0.3) is 0 Å². The summed E-state index contributed by atoms with van der Waals surface area (Å²) in [4.78, 5) is 17.0. The Bertz CT molecular complexity index is 574. The van der Waals surface area contributed by atoms with Crippen molar-refractivity contribution in [2.45, 2.75) is 13.1 Å². The van der Waals surface area contributed by atoms with Crippen LogP contribution in [0, 0.1) is 0 Å². The number of carbonyl (C=O) groups is 1. The molecule has 4 nitrogen and oxygen atoms in total. The highest BCUT2D eigenvalue weighted by atomic mass is 19.4. The van der Waals surface area contributed by atoms with E-state index in [2.05, 4.69) is 9.97 Å². The minimum absolute atomic E-state index is 0.0334. The topological polar surface area (TPSA) is 55.0 Å². The lowest BCUT2D eigenvalue weighted by Gasteiger charge is -2.05. The normalized spacial score (nSPS) is 11.8. The molecule has 0 saturated carbocycles. The van der Waals surface area contributed by atoms with E-state index in [0.717, 1.165) is 12.3 Å². The summed E-state index contributed by atoms with van der Waals surface area (Å²) in [5.41, 5.74) is -0.660. The molecular formula is C10H7F3N2O2. The van der Waals surface area contributed by atoms with Gasteiger partial charge in [0.15, 0.2) is 5.75 Å². The Morgan fingerprint density at radius 2 is 2.18 bits per heavy atom. The van der Waals surface area contributed by atoms with E-state index in [1.165, 1.54) is 13.1 Å². The molecule has 1 N–H and O–H groups in total. The van der Waals surface area contributed by atoms with Crippen molar-refractivity contribution in [1.29, 1.82) is 0 Å². The number of aromatic nitrogens is 2. The molecule has 0 radical (unpaired) electrons. The number of alkyl halides is 3. The Morgan fingerprint density at radius 1 is 1.47 bits per heavy atom. The fourth-order valence-electron chi connectivity index (χ4n) is 1.37. The van der Waals surface area contributed by atoms with Gasteiger partial charge in [0.1, 0.15) is 5.65 Å². The van der Waals surface area contributed by atoms with Crippen molar-refractivity contribution in [2.24, 2.45) is 0 Å². The average molecular weight is 244 g/mol. The Labute approximate surface area is 93.4 Å². The minimum Gasteiger partial charge on any atom is -0.424 e. The first-order chi connectivity index (χ1) is 7.88. The van der Waals surface area contributed by atoms with Crippen LogP contribution in [0.4, 0.5) is 13.2 Å². The summed E-state index contributed by atoms with van der Waals surface area (Å²) >= 11 is 0. The number of ether oxygens (including phenoxy) is 1. The fraction of sp³-hybridized carbons (Fsp3) is 0.200. The molecule has 7 heteroatoms. The van der Waals surface area contributed by atoms with E-state index in [-0.39, 0.29) is 16.8 Å². The average Bonchev–Trinajstić information content (AvgIpc) is 2.59. The van der Waals surface area contributed by atoms with Gasteiger partial charge >= 0.3 is 12.1 Å². The van der Waals surface area contributed by atoms with E-state index in [1.807, 2.05) is 0 Å². The molecule has 2 aromatic heterocycles. The van der Waals surface area contributed by atoms with Gasteiger partial charge in [-0.2, -0.15) is 13.2 Å². The van der Waals surface area contributed by atoms with Crippen LogP contribution in [0.25, 0.3) is 11.0 Å². The minimum atomic E-state index is -4.48. The molecular weight excluding hydrogens is 237 g/mol. The van der Waals surface area contributed by atoms with E-state index < -0.39 is 17.7 Å². The largest absolute Gasteiger partial charge is 0.424 e. The van der Waals surface area contributed by atoms with Crippen molar-refractivity contribution < 1.29 is 22.7 Å². The van der Waals surface area contributed by atoms with Crippen molar-refractivity contribution in [3.05, 3.63) is 24.0 Å². The number of carbonyl (C=O) groups excluding carboxylic acids is 1. The lowest BCUT2D eigenvalue weighted by atomic mass is 10.2. The zero-order chi connectivity index (χ0) is 12.6. The molecule has 0 amide bonds. The number of rotatable bonds is 1. The molecule has 0 unspecified atom stereocenters. The van der Waals surface area contributed by atoms with Crippen LogP contribution in [-0.4, -0.2) is 15.9 Å². The van der Waals surface area contributed by atoms with Crippen LogP contribution in [0.2, 0.25) is 0 Å². The van der Waals surface area contributed by atoms with Crippen molar-refractivity contribution >= 4 is 17.0 Å². The number of hydrogen-bond acceptors (Lipinski definition) is 3. The number of fused-ring (bicyclic) bond motifs is 1. The molecule has 0 spiro atoms. The van der Waals surface area contributed by atoms with Crippen LogP contribution in [0.3, 0.4) is 0 Å². The molecule has 0 aliphatic rings. The summed E-state index contributed by atoms with van der Waals surface area (Å²) < 4.78 is 42.1. The highest BCUT2D eigenvalue weighted by Crippen LogP contribution is 2.33. The number of nitrogens with zero attached hydrogens (tertiary/aromatic N) is 1. The number of halogens is 3. The Kier molecular flexibility index (Phi) is 2.53. The number of hydrogen-bond donors (Lipinski definition) is 1. The maximum atomic E-state index is 12.5. The number of esters is 1. The number of nitrogens with one attached hydrogen (secondary N) is 1. The first kappa shape index (κ1) is 11.4. The lowest BCUT2D eigenvalue weighted by molar-refractivity contribution is -0.137. The summed E-state index contributed by atoms with van der Waals surface area (Å²) in [7, 11) is 0.